The summed E-state index contributed by atoms with van der Waals surface area (Å²) in [6, 6.07) is 15.2. The SMILES string of the molecule is Cc1ccc(CNc2nc(C)c(-c3ccn(C4Cc5ccccc5C4)n3)s2)o1. The lowest BCUT2D eigenvalue weighted by molar-refractivity contribution is 0.476. The lowest BCUT2D eigenvalue weighted by Gasteiger charge is -2.09. The molecule has 0 spiro atoms. The number of hydrogen-bond donors (Lipinski definition) is 1. The van der Waals surface area contributed by atoms with Crippen LogP contribution < -0.4 is 5.32 Å². The van der Waals surface area contributed by atoms with Gasteiger partial charge in [-0.05, 0) is 56.0 Å². The van der Waals surface area contributed by atoms with E-state index in [0.29, 0.717) is 12.6 Å². The third-order valence-corrected chi connectivity index (χ3v) is 6.39. The van der Waals surface area contributed by atoms with Crippen molar-refractivity contribution in [3.8, 4) is 10.6 Å². The molecule has 0 saturated heterocycles. The van der Waals surface area contributed by atoms with Gasteiger partial charge in [-0.25, -0.2) is 4.98 Å². The molecule has 0 unspecified atom stereocenters. The molecule has 5 rings (SSSR count). The van der Waals surface area contributed by atoms with Crippen LogP contribution in [0.15, 0.2) is 53.1 Å². The lowest BCUT2D eigenvalue weighted by atomic mass is 10.1. The van der Waals surface area contributed by atoms with Crippen molar-refractivity contribution in [2.75, 3.05) is 5.32 Å². The van der Waals surface area contributed by atoms with E-state index in [1.807, 2.05) is 26.0 Å². The molecule has 0 bridgehead atoms. The maximum absolute atomic E-state index is 5.61. The van der Waals surface area contributed by atoms with Gasteiger partial charge in [0, 0.05) is 6.20 Å². The summed E-state index contributed by atoms with van der Waals surface area (Å²) in [5.74, 6) is 1.84. The first-order valence-electron chi connectivity index (χ1n) is 9.54. The van der Waals surface area contributed by atoms with Crippen molar-refractivity contribution in [1.29, 1.82) is 0 Å². The molecular weight excluding hydrogens is 368 g/mol. The zero-order valence-corrected chi connectivity index (χ0v) is 16.8. The zero-order chi connectivity index (χ0) is 19.1. The molecule has 1 aliphatic rings. The Morgan fingerprint density at radius 1 is 1.11 bits per heavy atom. The van der Waals surface area contributed by atoms with Crippen molar-refractivity contribution in [2.24, 2.45) is 0 Å². The van der Waals surface area contributed by atoms with E-state index in [-0.39, 0.29) is 0 Å². The fourth-order valence-electron chi connectivity index (χ4n) is 3.84. The van der Waals surface area contributed by atoms with Crippen LogP contribution in [-0.4, -0.2) is 14.8 Å². The molecular formula is C22H22N4OS. The van der Waals surface area contributed by atoms with Crippen LogP contribution in [-0.2, 0) is 19.4 Å². The molecule has 5 nitrogen and oxygen atoms in total. The number of nitrogens with one attached hydrogen (secondary N) is 1. The molecule has 1 N–H and O–H groups in total. The van der Waals surface area contributed by atoms with Gasteiger partial charge in [0.05, 0.1) is 23.2 Å². The highest BCUT2D eigenvalue weighted by Crippen LogP contribution is 2.34. The van der Waals surface area contributed by atoms with E-state index in [4.69, 9.17) is 9.52 Å². The highest BCUT2D eigenvalue weighted by Gasteiger charge is 2.23. The minimum Gasteiger partial charge on any atom is -0.465 e. The third-order valence-electron chi connectivity index (χ3n) is 5.25. The average Bonchev–Trinajstić information content (AvgIpc) is 3.45. The summed E-state index contributed by atoms with van der Waals surface area (Å²) in [4.78, 5) is 5.78. The van der Waals surface area contributed by atoms with Gasteiger partial charge in [-0.2, -0.15) is 5.10 Å². The second-order valence-corrected chi connectivity index (χ2v) is 8.31. The second-order valence-electron chi connectivity index (χ2n) is 7.31. The van der Waals surface area contributed by atoms with Crippen LogP contribution >= 0.6 is 11.3 Å². The zero-order valence-electron chi connectivity index (χ0n) is 16.0. The van der Waals surface area contributed by atoms with Gasteiger partial charge in [0.25, 0.3) is 0 Å². The number of thiazole rings is 1. The normalized spacial score (nSPS) is 13.8. The van der Waals surface area contributed by atoms with Gasteiger partial charge in [0.15, 0.2) is 5.13 Å². The summed E-state index contributed by atoms with van der Waals surface area (Å²) in [6.45, 7) is 4.63. The van der Waals surface area contributed by atoms with Gasteiger partial charge in [0.2, 0.25) is 0 Å². The molecule has 0 aliphatic heterocycles. The average molecular weight is 391 g/mol. The van der Waals surface area contributed by atoms with Crippen LogP contribution in [0.5, 0.6) is 0 Å². The van der Waals surface area contributed by atoms with Crippen LogP contribution in [0.3, 0.4) is 0 Å². The molecule has 0 radical (unpaired) electrons. The number of anilines is 1. The number of aromatic nitrogens is 3. The number of aryl methyl sites for hydroxylation is 2. The number of hydrogen-bond acceptors (Lipinski definition) is 5. The smallest absolute Gasteiger partial charge is 0.183 e. The lowest BCUT2D eigenvalue weighted by Crippen LogP contribution is -2.09. The van der Waals surface area contributed by atoms with E-state index in [9.17, 15) is 0 Å². The van der Waals surface area contributed by atoms with Crippen molar-refractivity contribution in [3.63, 3.8) is 0 Å². The molecule has 1 aromatic carbocycles. The molecule has 0 saturated carbocycles. The van der Waals surface area contributed by atoms with Crippen molar-refractivity contribution >= 4 is 16.5 Å². The summed E-state index contributed by atoms with van der Waals surface area (Å²) < 4.78 is 7.73. The summed E-state index contributed by atoms with van der Waals surface area (Å²) >= 11 is 1.64. The Balaban J connectivity index is 1.31. The molecule has 6 heteroatoms. The first-order valence-corrected chi connectivity index (χ1v) is 10.4. The van der Waals surface area contributed by atoms with Crippen LogP contribution in [0.2, 0.25) is 0 Å². The van der Waals surface area contributed by atoms with E-state index in [1.54, 1.807) is 11.3 Å². The fraction of sp³-hybridized carbons (Fsp3) is 0.273. The van der Waals surface area contributed by atoms with Gasteiger partial charge in [0.1, 0.15) is 17.2 Å². The van der Waals surface area contributed by atoms with Gasteiger partial charge in [-0.3, -0.25) is 4.68 Å². The standard InChI is InChI=1S/C22H22N4OS/c1-14-7-8-19(27-14)13-23-22-24-15(2)21(28-22)20-9-10-26(25-20)18-11-16-5-3-4-6-17(16)12-18/h3-10,18H,11-13H2,1-2H3,(H,23,24). The van der Waals surface area contributed by atoms with Crippen LogP contribution in [0.4, 0.5) is 5.13 Å². The molecule has 0 fully saturated rings. The molecule has 4 aromatic rings. The Bertz CT molecular complexity index is 1100. The van der Waals surface area contributed by atoms with Gasteiger partial charge < -0.3 is 9.73 Å². The van der Waals surface area contributed by atoms with Crippen LogP contribution in [0, 0.1) is 13.8 Å². The van der Waals surface area contributed by atoms with E-state index >= 15 is 0 Å². The number of rotatable bonds is 5. The van der Waals surface area contributed by atoms with Crippen molar-refractivity contribution in [2.45, 2.75) is 39.3 Å². The van der Waals surface area contributed by atoms with Crippen molar-refractivity contribution in [3.05, 3.63) is 77.0 Å². The van der Waals surface area contributed by atoms with E-state index in [2.05, 4.69) is 51.5 Å². The maximum Gasteiger partial charge on any atom is 0.183 e. The van der Waals surface area contributed by atoms with Gasteiger partial charge in [-0.15, -0.1) is 0 Å². The van der Waals surface area contributed by atoms with Crippen LogP contribution in [0.25, 0.3) is 10.6 Å². The molecule has 0 amide bonds. The number of fused-ring (bicyclic) bond motifs is 1. The van der Waals surface area contributed by atoms with Crippen molar-refractivity contribution < 1.29 is 4.42 Å². The van der Waals surface area contributed by atoms with Gasteiger partial charge >= 0.3 is 0 Å². The maximum atomic E-state index is 5.61. The Labute approximate surface area is 168 Å². The Morgan fingerprint density at radius 2 is 1.89 bits per heavy atom. The fourth-order valence-corrected chi connectivity index (χ4v) is 4.76. The van der Waals surface area contributed by atoms with Crippen LogP contribution in [0.1, 0.15) is 34.4 Å². The van der Waals surface area contributed by atoms with Crippen molar-refractivity contribution in [1.82, 2.24) is 14.8 Å². The topological polar surface area (TPSA) is 55.9 Å². The molecule has 28 heavy (non-hydrogen) atoms. The molecule has 3 aromatic heterocycles. The first kappa shape index (κ1) is 17.3. The number of benzene rings is 1. The summed E-state index contributed by atoms with van der Waals surface area (Å²) in [5.41, 5.74) is 4.88. The van der Waals surface area contributed by atoms with Gasteiger partial charge in [-0.1, -0.05) is 35.6 Å². The molecule has 1 aliphatic carbocycles. The highest BCUT2D eigenvalue weighted by atomic mass is 32.1. The quantitative estimate of drug-likeness (QED) is 0.511. The second kappa shape index (κ2) is 6.95. The van der Waals surface area contributed by atoms with E-state index in [0.717, 1.165) is 45.8 Å². The summed E-state index contributed by atoms with van der Waals surface area (Å²) in [5, 5.41) is 9.13. The third kappa shape index (κ3) is 3.24. The Morgan fingerprint density at radius 3 is 2.61 bits per heavy atom. The monoisotopic (exact) mass is 390 g/mol. The highest BCUT2D eigenvalue weighted by molar-refractivity contribution is 7.19. The molecule has 0 atom stereocenters. The minimum absolute atomic E-state index is 0.402. The summed E-state index contributed by atoms with van der Waals surface area (Å²) in [6.07, 6.45) is 4.20. The Hall–Kier alpha value is -2.86. The number of furan rings is 1. The summed E-state index contributed by atoms with van der Waals surface area (Å²) in [7, 11) is 0. The molecule has 142 valence electrons. The molecule has 3 heterocycles. The van der Waals surface area contributed by atoms with E-state index < -0.39 is 0 Å². The number of nitrogens with zero attached hydrogens (tertiary/aromatic N) is 3. The minimum atomic E-state index is 0.402. The van der Waals surface area contributed by atoms with E-state index in [1.165, 1.54) is 11.1 Å². The Kier molecular flexibility index (Phi) is 4.28. The predicted octanol–water partition coefficient (Wildman–Crippen LogP) is 5.17. The largest absolute Gasteiger partial charge is 0.465 e. The predicted molar refractivity (Wildman–Crippen MR) is 112 cm³/mol. The first-order chi connectivity index (χ1) is 13.7.